The Morgan fingerprint density at radius 2 is 1.87 bits per heavy atom. The van der Waals surface area contributed by atoms with Crippen LogP contribution >= 0.6 is 0 Å². The number of hydrogen-bond donors (Lipinski definition) is 1. The highest BCUT2D eigenvalue weighted by molar-refractivity contribution is 5.42. The van der Waals surface area contributed by atoms with Crippen molar-refractivity contribution in [1.82, 2.24) is 0 Å². The number of methoxy groups -OCH3 is 2. The summed E-state index contributed by atoms with van der Waals surface area (Å²) in [7, 11) is 3.19. The van der Waals surface area contributed by atoms with Crippen molar-refractivity contribution in [3.63, 3.8) is 0 Å². The van der Waals surface area contributed by atoms with Gasteiger partial charge in [0.15, 0.2) is 13.6 Å². The van der Waals surface area contributed by atoms with Gasteiger partial charge in [-0.2, -0.15) is 0 Å². The number of benzene rings is 1. The normalized spacial score (nSPS) is 26.6. The van der Waals surface area contributed by atoms with Gasteiger partial charge in [-0.15, -0.1) is 0 Å². The smallest absolute Gasteiger partial charge is 0.188 e. The molecule has 1 N–H and O–H groups in total. The first-order chi connectivity index (χ1) is 14.3. The van der Waals surface area contributed by atoms with Crippen LogP contribution in [0.15, 0.2) is 42.0 Å². The van der Waals surface area contributed by atoms with Crippen LogP contribution in [0.3, 0.4) is 0 Å². The van der Waals surface area contributed by atoms with Crippen molar-refractivity contribution in [1.29, 1.82) is 0 Å². The lowest BCUT2D eigenvalue weighted by Gasteiger charge is -2.51. The SMILES string of the molecule is COCOc1ccc(OCOC)c(C[C@]2(O)[C@@H](C)CCC[C@]2(C)/C=C/C=C(C)C)c1. The molecule has 5 nitrogen and oxygen atoms in total. The van der Waals surface area contributed by atoms with E-state index in [4.69, 9.17) is 18.9 Å². The molecule has 0 radical (unpaired) electrons. The van der Waals surface area contributed by atoms with Crippen LogP contribution in [0.1, 0.15) is 52.5 Å². The molecule has 0 unspecified atom stereocenters. The van der Waals surface area contributed by atoms with Gasteiger partial charge in [-0.3, -0.25) is 0 Å². The van der Waals surface area contributed by atoms with Crippen molar-refractivity contribution in [3.8, 4) is 11.5 Å². The second-order valence-corrected chi connectivity index (χ2v) is 8.79. The van der Waals surface area contributed by atoms with E-state index in [2.05, 4.69) is 45.9 Å². The minimum atomic E-state index is -0.914. The van der Waals surface area contributed by atoms with Gasteiger partial charge in [0.25, 0.3) is 0 Å². The van der Waals surface area contributed by atoms with Crippen LogP contribution in [0, 0.1) is 11.3 Å². The van der Waals surface area contributed by atoms with Crippen LogP contribution in [0.4, 0.5) is 0 Å². The molecule has 3 atom stereocenters. The van der Waals surface area contributed by atoms with Gasteiger partial charge in [0.05, 0.1) is 5.60 Å². The summed E-state index contributed by atoms with van der Waals surface area (Å²) in [4.78, 5) is 0. The lowest BCUT2D eigenvalue weighted by molar-refractivity contribution is -0.118. The number of rotatable bonds is 10. The first-order valence-corrected chi connectivity index (χ1v) is 10.7. The fourth-order valence-corrected chi connectivity index (χ4v) is 4.31. The quantitative estimate of drug-likeness (QED) is 0.414. The summed E-state index contributed by atoms with van der Waals surface area (Å²) in [5.74, 6) is 1.53. The largest absolute Gasteiger partial charge is 0.468 e. The zero-order valence-electron chi connectivity index (χ0n) is 19.4. The molecule has 0 bridgehead atoms. The molecule has 0 aromatic heterocycles. The minimum Gasteiger partial charge on any atom is -0.468 e. The Hall–Kier alpha value is -1.82. The predicted molar refractivity (Wildman–Crippen MR) is 120 cm³/mol. The number of ether oxygens (including phenoxy) is 4. The van der Waals surface area contributed by atoms with Gasteiger partial charge in [0.1, 0.15) is 11.5 Å². The minimum absolute atomic E-state index is 0.145. The van der Waals surface area contributed by atoms with Gasteiger partial charge in [-0.25, -0.2) is 0 Å². The summed E-state index contributed by atoms with van der Waals surface area (Å²) in [6.45, 7) is 8.78. The van der Waals surface area contributed by atoms with E-state index in [0.29, 0.717) is 17.9 Å². The highest BCUT2D eigenvalue weighted by Crippen LogP contribution is 2.51. The number of aliphatic hydroxyl groups is 1. The van der Waals surface area contributed by atoms with E-state index in [0.717, 1.165) is 24.8 Å². The molecule has 0 saturated heterocycles. The Morgan fingerprint density at radius 1 is 1.17 bits per heavy atom. The molecular weight excluding hydrogens is 380 g/mol. The zero-order valence-corrected chi connectivity index (χ0v) is 19.4. The number of hydrogen-bond acceptors (Lipinski definition) is 5. The van der Waals surface area contributed by atoms with Crippen molar-refractivity contribution in [2.24, 2.45) is 11.3 Å². The van der Waals surface area contributed by atoms with Crippen LogP contribution in [0.25, 0.3) is 0 Å². The molecule has 2 rings (SSSR count). The summed E-state index contributed by atoms with van der Waals surface area (Å²) >= 11 is 0. The molecular formula is C25H38O5. The Morgan fingerprint density at radius 3 is 2.53 bits per heavy atom. The van der Waals surface area contributed by atoms with E-state index in [1.54, 1.807) is 14.2 Å². The highest BCUT2D eigenvalue weighted by atomic mass is 16.7. The van der Waals surface area contributed by atoms with Crippen molar-refractivity contribution < 1.29 is 24.1 Å². The Bertz CT molecular complexity index is 737. The van der Waals surface area contributed by atoms with Crippen molar-refractivity contribution >= 4 is 0 Å². The molecule has 5 heteroatoms. The fourth-order valence-electron chi connectivity index (χ4n) is 4.31. The summed E-state index contributed by atoms with van der Waals surface area (Å²) in [5, 5.41) is 12.1. The Balaban J connectivity index is 2.42. The third kappa shape index (κ3) is 5.87. The van der Waals surface area contributed by atoms with E-state index >= 15 is 0 Å². The molecule has 0 amide bonds. The van der Waals surface area contributed by atoms with Crippen LogP contribution in [-0.4, -0.2) is 38.5 Å². The third-order valence-corrected chi connectivity index (χ3v) is 6.20. The molecule has 1 fully saturated rings. The highest BCUT2D eigenvalue weighted by Gasteiger charge is 2.51. The number of allylic oxidation sites excluding steroid dienone is 3. The monoisotopic (exact) mass is 418 g/mol. The van der Waals surface area contributed by atoms with Gasteiger partial charge in [0, 0.05) is 31.6 Å². The Kier molecular flexibility index (Phi) is 8.95. The molecule has 30 heavy (non-hydrogen) atoms. The summed E-state index contributed by atoms with van der Waals surface area (Å²) in [5.41, 5.74) is 0.875. The molecule has 1 saturated carbocycles. The maximum absolute atomic E-state index is 12.1. The van der Waals surface area contributed by atoms with Gasteiger partial charge in [-0.1, -0.05) is 44.1 Å². The van der Waals surface area contributed by atoms with Crippen LogP contribution < -0.4 is 9.47 Å². The van der Waals surface area contributed by atoms with E-state index in [1.807, 2.05) is 18.2 Å². The second-order valence-electron chi connectivity index (χ2n) is 8.79. The summed E-state index contributed by atoms with van der Waals surface area (Å²) in [6, 6.07) is 5.64. The maximum Gasteiger partial charge on any atom is 0.188 e. The molecule has 0 heterocycles. The van der Waals surface area contributed by atoms with E-state index < -0.39 is 5.60 Å². The van der Waals surface area contributed by atoms with Crippen LogP contribution in [0.2, 0.25) is 0 Å². The molecule has 0 spiro atoms. The zero-order chi connectivity index (χ0) is 22.2. The van der Waals surface area contributed by atoms with Crippen LogP contribution in [0.5, 0.6) is 11.5 Å². The first kappa shape index (κ1) is 24.4. The van der Waals surface area contributed by atoms with Crippen LogP contribution in [-0.2, 0) is 15.9 Å². The summed E-state index contributed by atoms with van der Waals surface area (Å²) < 4.78 is 21.6. The molecule has 1 aliphatic rings. The van der Waals surface area contributed by atoms with Gasteiger partial charge in [0.2, 0.25) is 0 Å². The first-order valence-electron chi connectivity index (χ1n) is 10.7. The lowest BCUT2D eigenvalue weighted by atomic mass is 9.57. The van der Waals surface area contributed by atoms with Gasteiger partial charge < -0.3 is 24.1 Å². The average molecular weight is 419 g/mol. The molecule has 1 aromatic rings. The topological polar surface area (TPSA) is 57.2 Å². The van der Waals surface area contributed by atoms with Crippen molar-refractivity contribution in [2.45, 2.75) is 59.0 Å². The molecule has 1 aliphatic carbocycles. The average Bonchev–Trinajstić information content (AvgIpc) is 2.70. The summed E-state index contributed by atoms with van der Waals surface area (Å²) in [6.07, 6.45) is 9.86. The fraction of sp³-hybridized carbons (Fsp3) is 0.600. The Labute approximate surface area is 181 Å². The maximum atomic E-state index is 12.1. The van der Waals surface area contributed by atoms with E-state index in [9.17, 15) is 5.11 Å². The lowest BCUT2D eigenvalue weighted by Crippen LogP contribution is -2.54. The third-order valence-electron chi connectivity index (χ3n) is 6.20. The van der Waals surface area contributed by atoms with Gasteiger partial charge >= 0.3 is 0 Å². The molecule has 168 valence electrons. The molecule has 1 aromatic carbocycles. The van der Waals surface area contributed by atoms with Gasteiger partial charge in [-0.05, 0) is 50.8 Å². The van der Waals surface area contributed by atoms with Crippen molar-refractivity contribution in [3.05, 3.63) is 47.6 Å². The predicted octanol–water partition coefficient (Wildman–Crippen LogP) is 5.27. The standard InChI is InChI=1S/C25H38O5/c1-19(2)9-7-13-24(4)14-8-10-20(3)25(24,26)16-21-15-22(29-17-27-5)11-12-23(21)30-18-28-6/h7,9,11-13,15,20,26H,8,10,14,16-18H2,1-6H3/b13-7+/t20-,24-,25-/m0/s1. The molecule has 0 aliphatic heterocycles. The van der Waals surface area contributed by atoms with Crippen molar-refractivity contribution in [2.75, 3.05) is 27.8 Å². The van der Waals surface area contributed by atoms with E-state index in [-0.39, 0.29) is 24.9 Å². The second kappa shape index (κ2) is 11.0. The van der Waals surface area contributed by atoms with E-state index in [1.165, 1.54) is 5.57 Å².